The van der Waals surface area contributed by atoms with Crippen LogP contribution in [0.15, 0.2) is 83.1 Å². The molecule has 5 rings (SSSR count). The molecule has 1 unspecified atom stereocenters. The molecule has 2 aliphatic rings. The third-order valence-electron chi connectivity index (χ3n) is 6.65. The summed E-state index contributed by atoms with van der Waals surface area (Å²) in [5.74, 6) is -0.866. The van der Waals surface area contributed by atoms with Gasteiger partial charge in [0.05, 0.1) is 35.7 Å². The van der Waals surface area contributed by atoms with Crippen LogP contribution in [0.5, 0.6) is 5.75 Å². The number of carbonyl (C=O) groups is 1. The number of hydrogen-bond donors (Lipinski definition) is 0. The minimum Gasteiger partial charge on any atom is -0.494 e. The number of ether oxygens (including phenoxy) is 2. The van der Waals surface area contributed by atoms with Crippen molar-refractivity contribution in [2.75, 3.05) is 35.4 Å². The summed E-state index contributed by atoms with van der Waals surface area (Å²) in [6.45, 7) is 5.30. The van der Waals surface area contributed by atoms with Crippen LogP contribution in [0, 0.1) is 0 Å². The Hall–Kier alpha value is -3.83. The molecule has 9 nitrogen and oxygen atoms in total. The van der Waals surface area contributed by atoms with Crippen molar-refractivity contribution in [2.24, 2.45) is 0 Å². The number of anilines is 2. The molecule has 3 aromatic rings. The van der Waals surface area contributed by atoms with Gasteiger partial charge in [0.1, 0.15) is 11.4 Å². The molecular formula is C27H26N2O7S2. The van der Waals surface area contributed by atoms with Gasteiger partial charge in [0.2, 0.25) is 0 Å². The molecule has 0 N–H and O–H groups in total. The fourth-order valence-electron chi connectivity index (χ4n) is 4.98. The lowest BCUT2D eigenvalue weighted by Crippen LogP contribution is -2.31. The maximum Gasteiger partial charge on any atom is 0.302 e. The predicted molar refractivity (Wildman–Crippen MR) is 143 cm³/mol. The smallest absolute Gasteiger partial charge is 0.302 e. The third kappa shape index (κ3) is 4.11. The van der Waals surface area contributed by atoms with Crippen LogP contribution in [0.25, 0.3) is 5.57 Å². The Morgan fingerprint density at radius 2 is 1.50 bits per heavy atom. The summed E-state index contributed by atoms with van der Waals surface area (Å²) in [4.78, 5) is 11.9. The normalized spacial score (nSPS) is 16.8. The lowest BCUT2D eigenvalue weighted by atomic mass is 9.92. The number of carbonyl (C=O) groups excluding carboxylic acids is 1. The van der Waals surface area contributed by atoms with Crippen LogP contribution in [0.4, 0.5) is 11.4 Å². The highest BCUT2D eigenvalue weighted by Crippen LogP contribution is 2.54. The quantitative estimate of drug-likeness (QED) is 0.409. The van der Waals surface area contributed by atoms with Crippen molar-refractivity contribution in [2.45, 2.75) is 22.6 Å². The first-order valence-electron chi connectivity index (χ1n) is 11.8. The van der Waals surface area contributed by atoms with Gasteiger partial charge in [0, 0.05) is 31.0 Å². The minimum absolute atomic E-state index is 0.00182. The van der Waals surface area contributed by atoms with E-state index < -0.39 is 31.9 Å². The zero-order valence-electron chi connectivity index (χ0n) is 20.8. The van der Waals surface area contributed by atoms with Crippen LogP contribution in [0.2, 0.25) is 0 Å². The molecule has 0 aromatic heterocycles. The molecule has 0 radical (unpaired) electrons. The van der Waals surface area contributed by atoms with E-state index in [2.05, 4.69) is 6.58 Å². The molecule has 0 aliphatic carbocycles. The second-order valence-electron chi connectivity index (χ2n) is 9.01. The van der Waals surface area contributed by atoms with Crippen LogP contribution in [-0.4, -0.2) is 49.6 Å². The average molecular weight is 555 g/mol. The van der Waals surface area contributed by atoms with Crippen molar-refractivity contribution in [1.82, 2.24) is 0 Å². The Kier molecular flexibility index (Phi) is 6.44. The van der Waals surface area contributed by atoms with Crippen LogP contribution in [0.1, 0.15) is 24.0 Å². The van der Waals surface area contributed by atoms with Gasteiger partial charge in [0.15, 0.2) is 0 Å². The van der Waals surface area contributed by atoms with E-state index in [0.29, 0.717) is 22.4 Å². The van der Waals surface area contributed by atoms with E-state index >= 15 is 0 Å². The highest BCUT2D eigenvalue weighted by Gasteiger charge is 2.45. The molecule has 2 aliphatic heterocycles. The maximum absolute atomic E-state index is 13.7. The number of sulfonamides is 2. The van der Waals surface area contributed by atoms with Crippen molar-refractivity contribution < 1.29 is 31.1 Å². The van der Waals surface area contributed by atoms with Crippen LogP contribution in [0.3, 0.4) is 0 Å². The van der Waals surface area contributed by atoms with Gasteiger partial charge in [-0.3, -0.25) is 13.4 Å². The average Bonchev–Trinajstić information content (AvgIpc) is 3.46. The molecule has 0 spiro atoms. The minimum atomic E-state index is -3.99. The molecule has 0 amide bonds. The fourth-order valence-corrected chi connectivity index (χ4v) is 8.02. The molecule has 38 heavy (non-hydrogen) atoms. The van der Waals surface area contributed by atoms with E-state index in [0.717, 1.165) is 0 Å². The van der Waals surface area contributed by atoms with E-state index in [1.807, 2.05) is 0 Å². The molecule has 0 saturated carbocycles. The second-order valence-corrected chi connectivity index (χ2v) is 12.7. The lowest BCUT2D eigenvalue weighted by molar-refractivity contribution is -0.141. The van der Waals surface area contributed by atoms with E-state index in [-0.39, 0.29) is 40.9 Å². The van der Waals surface area contributed by atoms with Crippen LogP contribution < -0.4 is 13.3 Å². The van der Waals surface area contributed by atoms with Crippen molar-refractivity contribution in [3.8, 4) is 5.75 Å². The monoisotopic (exact) mass is 554 g/mol. The number of fused-ring (bicyclic) bond motifs is 3. The molecule has 198 valence electrons. The molecular weight excluding hydrogens is 528 g/mol. The highest BCUT2D eigenvalue weighted by atomic mass is 32.2. The second kappa shape index (κ2) is 9.48. The molecule has 11 heteroatoms. The first-order chi connectivity index (χ1) is 18.1. The van der Waals surface area contributed by atoms with E-state index in [9.17, 15) is 21.6 Å². The van der Waals surface area contributed by atoms with Gasteiger partial charge < -0.3 is 9.47 Å². The summed E-state index contributed by atoms with van der Waals surface area (Å²) >= 11 is 0. The number of esters is 1. The third-order valence-corrected chi connectivity index (χ3v) is 10.2. The Morgan fingerprint density at radius 3 is 2.03 bits per heavy atom. The largest absolute Gasteiger partial charge is 0.494 e. The number of rotatable bonds is 7. The van der Waals surface area contributed by atoms with Crippen molar-refractivity contribution in [3.63, 3.8) is 0 Å². The summed E-state index contributed by atoms with van der Waals surface area (Å²) < 4.78 is 68.2. The van der Waals surface area contributed by atoms with Gasteiger partial charge in [0.25, 0.3) is 20.0 Å². The zero-order valence-corrected chi connectivity index (χ0v) is 22.5. The van der Waals surface area contributed by atoms with E-state index in [1.54, 1.807) is 36.4 Å². The SMILES string of the molecule is C=C1CN(S(=O)(=O)c2ccccc2)c2c(OC)cc3c(c21)C(COC(C)=O)CN3S(=O)(=O)c1ccccc1. The Balaban J connectivity index is 1.73. The number of benzene rings is 3. The molecule has 3 aromatic carbocycles. The maximum atomic E-state index is 13.7. The number of nitrogens with zero attached hydrogens (tertiary/aromatic N) is 2. The fraction of sp³-hybridized carbons (Fsp3) is 0.222. The molecule has 0 saturated heterocycles. The predicted octanol–water partition coefficient (Wildman–Crippen LogP) is 3.77. The Bertz CT molecular complexity index is 1640. The van der Waals surface area contributed by atoms with Gasteiger partial charge in [-0.05, 0) is 35.4 Å². The highest BCUT2D eigenvalue weighted by molar-refractivity contribution is 7.93. The standard InChI is InChI=1S/C27H26N2O7S2/c1-18-15-29(38(33,34)22-12-8-5-9-13-22)27-24(35-3)14-23-26(25(18)27)20(17-36-19(2)30)16-28(23)37(31,32)21-10-6-4-7-11-21/h4-14,20H,1,15-17H2,2-3H3. The van der Waals surface area contributed by atoms with Crippen LogP contribution in [-0.2, 0) is 29.6 Å². The van der Waals surface area contributed by atoms with Gasteiger partial charge >= 0.3 is 5.97 Å². The first kappa shape index (κ1) is 25.8. The summed E-state index contributed by atoms with van der Waals surface area (Å²) in [6.07, 6.45) is 0. The lowest BCUT2D eigenvalue weighted by Gasteiger charge is -2.24. The van der Waals surface area contributed by atoms with E-state index in [1.165, 1.54) is 53.0 Å². The van der Waals surface area contributed by atoms with E-state index in [4.69, 9.17) is 9.47 Å². The van der Waals surface area contributed by atoms with Gasteiger partial charge in [-0.15, -0.1) is 0 Å². The molecule has 0 fully saturated rings. The number of hydrogen-bond acceptors (Lipinski definition) is 7. The molecule has 2 heterocycles. The summed E-state index contributed by atoms with van der Waals surface area (Å²) in [6, 6.07) is 17.6. The number of methoxy groups -OCH3 is 1. The zero-order chi connectivity index (χ0) is 27.2. The van der Waals surface area contributed by atoms with Gasteiger partial charge in [-0.25, -0.2) is 16.8 Å². The van der Waals surface area contributed by atoms with Crippen molar-refractivity contribution in [1.29, 1.82) is 0 Å². The Morgan fingerprint density at radius 1 is 0.947 bits per heavy atom. The Labute approximate surface area is 222 Å². The summed E-state index contributed by atoms with van der Waals surface area (Å²) in [5, 5.41) is 0. The molecule has 0 bridgehead atoms. The van der Waals surface area contributed by atoms with Gasteiger partial charge in [-0.1, -0.05) is 43.0 Å². The van der Waals surface area contributed by atoms with Crippen molar-refractivity contribution >= 4 is 43.0 Å². The topological polar surface area (TPSA) is 110 Å². The van der Waals surface area contributed by atoms with Crippen LogP contribution >= 0.6 is 0 Å². The first-order valence-corrected chi connectivity index (χ1v) is 14.7. The summed E-state index contributed by atoms with van der Waals surface area (Å²) in [7, 11) is -6.58. The van der Waals surface area contributed by atoms with Gasteiger partial charge in [-0.2, -0.15) is 0 Å². The summed E-state index contributed by atoms with van der Waals surface area (Å²) in [5.41, 5.74) is 2.15. The molecule has 1 atom stereocenters. The van der Waals surface area contributed by atoms with Crippen molar-refractivity contribution in [3.05, 3.63) is 84.4 Å².